The van der Waals surface area contributed by atoms with Crippen molar-refractivity contribution in [2.24, 2.45) is 0 Å². The van der Waals surface area contributed by atoms with E-state index in [0.29, 0.717) is 12.1 Å². The molecule has 5 heteroatoms. The van der Waals surface area contributed by atoms with Crippen LogP contribution in [0.4, 0.5) is 16.2 Å². The van der Waals surface area contributed by atoms with E-state index in [1.807, 2.05) is 29.2 Å². The molecular weight excluding hydrogens is 254 g/mol. The first-order valence-electron chi connectivity index (χ1n) is 7.11. The molecule has 3 rings (SSSR count). The quantitative estimate of drug-likeness (QED) is 0.885. The van der Waals surface area contributed by atoms with Gasteiger partial charge in [0.15, 0.2) is 0 Å². The first-order chi connectivity index (χ1) is 9.63. The standard InChI is InChI=1S/C15H19N3O2/c1-10(19)18(14-8-9-14)13-6-4-12(5-7-13)17-15(20)16-11-2-3-11/h4-7,11,14H,2-3,8-9H2,1H3,(H2,16,17,20). The van der Waals surface area contributed by atoms with E-state index in [2.05, 4.69) is 10.6 Å². The van der Waals surface area contributed by atoms with E-state index < -0.39 is 0 Å². The summed E-state index contributed by atoms with van der Waals surface area (Å²) in [5.74, 6) is 0.0692. The average molecular weight is 273 g/mol. The smallest absolute Gasteiger partial charge is 0.319 e. The van der Waals surface area contributed by atoms with Crippen LogP contribution < -0.4 is 15.5 Å². The maximum Gasteiger partial charge on any atom is 0.319 e. The summed E-state index contributed by atoms with van der Waals surface area (Å²) in [7, 11) is 0. The van der Waals surface area contributed by atoms with E-state index in [-0.39, 0.29) is 11.9 Å². The molecule has 0 spiro atoms. The molecule has 0 aromatic heterocycles. The van der Waals surface area contributed by atoms with Gasteiger partial charge in [0, 0.05) is 30.4 Å². The Morgan fingerprint density at radius 2 is 1.75 bits per heavy atom. The largest absolute Gasteiger partial charge is 0.335 e. The number of rotatable bonds is 4. The lowest BCUT2D eigenvalue weighted by Gasteiger charge is -2.21. The van der Waals surface area contributed by atoms with Gasteiger partial charge in [-0.1, -0.05) is 0 Å². The normalized spacial score (nSPS) is 17.4. The predicted octanol–water partition coefficient (Wildman–Crippen LogP) is 2.49. The van der Waals surface area contributed by atoms with Crippen molar-refractivity contribution in [3.8, 4) is 0 Å². The summed E-state index contributed by atoms with van der Waals surface area (Å²) in [4.78, 5) is 25.1. The topological polar surface area (TPSA) is 61.4 Å². The molecule has 1 aromatic rings. The van der Waals surface area contributed by atoms with Crippen LogP contribution in [-0.2, 0) is 4.79 Å². The van der Waals surface area contributed by atoms with Gasteiger partial charge in [0.05, 0.1) is 0 Å². The molecule has 5 nitrogen and oxygen atoms in total. The van der Waals surface area contributed by atoms with Crippen LogP contribution in [0.3, 0.4) is 0 Å². The van der Waals surface area contributed by atoms with Crippen LogP contribution in [0, 0.1) is 0 Å². The summed E-state index contributed by atoms with van der Waals surface area (Å²) in [6, 6.07) is 7.96. The zero-order valence-electron chi connectivity index (χ0n) is 11.6. The highest BCUT2D eigenvalue weighted by Gasteiger charge is 2.31. The van der Waals surface area contributed by atoms with Crippen LogP contribution in [0.25, 0.3) is 0 Å². The fourth-order valence-corrected chi connectivity index (χ4v) is 2.27. The van der Waals surface area contributed by atoms with E-state index in [9.17, 15) is 9.59 Å². The number of anilines is 2. The van der Waals surface area contributed by atoms with Gasteiger partial charge in [-0.2, -0.15) is 0 Å². The minimum atomic E-state index is -0.161. The summed E-state index contributed by atoms with van der Waals surface area (Å²) in [5.41, 5.74) is 1.64. The van der Waals surface area contributed by atoms with Crippen molar-refractivity contribution < 1.29 is 9.59 Å². The number of carbonyl (C=O) groups is 2. The van der Waals surface area contributed by atoms with Crippen LogP contribution in [0.2, 0.25) is 0 Å². The first kappa shape index (κ1) is 13.0. The lowest BCUT2D eigenvalue weighted by molar-refractivity contribution is -0.116. The molecule has 0 unspecified atom stereocenters. The fourth-order valence-electron chi connectivity index (χ4n) is 2.27. The van der Waals surface area contributed by atoms with Gasteiger partial charge >= 0.3 is 6.03 Å². The van der Waals surface area contributed by atoms with Crippen LogP contribution in [0.15, 0.2) is 24.3 Å². The van der Waals surface area contributed by atoms with Gasteiger partial charge in [-0.25, -0.2) is 4.79 Å². The number of hydrogen-bond acceptors (Lipinski definition) is 2. The molecule has 3 amide bonds. The molecule has 2 aliphatic rings. The number of urea groups is 1. The van der Waals surface area contributed by atoms with Crippen molar-refractivity contribution in [3.63, 3.8) is 0 Å². The van der Waals surface area contributed by atoms with Crippen LogP contribution >= 0.6 is 0 Å². The van der Waals surface area contributed by atoms with Crippen molar-refractivity contribution in [2.75, 3.05) is 10.2 Å². The molecule has 1 aromatic carbocycles. The van der Waals surface area contributed by atoms with Gasteiger partial charge in [-0.15, -0.1) is 0 Å². The molecule has 0 radical (unpaired) electrons. The van der Waals surface area contributed by atoms with Crippen molar-refractivity contribution in [1.82, 2.24) is 5.32 Å². The van der Waals surface area contributed by atoms with Crippen LogP contribution in [-0.4, -0.2) is 24.0 Å². The number of nitrogens with zero attached hydrogens (tertiary/aromatic N) is 1. The van der Waals surface area contributed by atoms with Gasteiger partial charge in [0.25, 0.3) is 0 Å². The van der Waals surface area contributed by atoms with Crippen molar-refractivity contribution in [3.05, 3.63) is 24.3 Å². The second-order valence-corrected chi connectivity index (χ2v) is 5.54. The highest BCUT2D eigenvalue weighted by Crippen LogP contribution is 2.32. The molecule has 20 heavy (non-hydrogen) atoms. The van der Waals surface area contributed by atoms with Gasteiger partial charge in [0.1, 0.15) is 0 Å². The predicted molar refractivity (Wildman–Crippen MR) is 77.8 cm³/mol. The second-order valence-electron chi connectivity index (χ2n) is 5.54. The maximum absolute atomic E-state index is 11.7. The van der Waals surface area contributed by atoms with E-state index in [1.54, 1.807) is 6.92 Å². The number of benzene rings is 1. The van der Waals surface area contributed by atoms with Crippen molar-refractivity contribution >= 4 is 23.3 Å². The van der Waals surface area contributed by atoms with E-state index in [4.69, 9.17) is 0 Å². The molecule has 2 fully saturated rings. The van der Waals surface area contributed by atoms with E-state index in [1.165, 1.54) is 0 Å². The number of hydrogen-bond donors (Lipinski definition) is 2. The number of amides is 3. The first-order valence-corrected chi connectivity index (χ1v) is 7.11. The van der Waals surface area contributed by atoms with Crippen LogP contribution in [0.1, 0.15) is 32.6 Å². The third-order valence-electron chi connectivity index (χ3n) is 3.57. The fraction of sp³-hybridized carbons (Fsp3) is 0.467. The van der Waals surface area contributed by atoms with Crippen molar-refractivity contribution in [2.45, 2.75) is 44.7 Å². The van der Waals surface area contributed by atoms with E-state index in [0.717, 1.165) is 37.1 Å². The minimum Gasteiger partial charge on any atom is -0.335 e. The Bertz CT molecular complexity index is 518. The van der Waals surface area contributed by atoms with E-state index >= 15 is 0 Å². The van der Waals surface area contributed by atoms with Crippen molar-refractivity contribution in [1.29, 1.82) is 0 Å². The van der Waals surface area contributed by atoms with Gasteiger partial charge in [-0.3, -0.25) is 4.79 Å². The van der Waals surface area contributed by atoms with Gasteiger partial charge in [0.2, 0.25) is 5.91 Å². The summed E-state index contributed by atoms with van der Waals surface area (Å²) < 4.78 is 0. The highest BCUT2D eigenvalue weighted by atomic mass is 16.2. The molecule has 0 bridgehead atoms. The SMILES string of the molecule is CC(=O)N(c1ccc(NC(=O)NC2CC2)cc1)C1CC1. The zero-order valence-corrected chi connectivity index (χ0v) is 11.6. The van der Waals surface area contributed by atoms with Gasteiger partial charge < -0.3 is 15.5 Å². The Morgan fingerprint density at radius 3 is 2.25 bits per heavy atom. The minimum absolute atomic E-state index is 0.0692. The third kappa shape index (κ3) is 3.10. The molecule has 0 atom stereocenters. The second kappa shape index (κ2) is 5.15. The molecule has 2 saturated carbocycles. The Morgan fingerprint density at radius 1 is 1.10 bits per heavy atom. The number of nitrogens with one attached hydrogen (secondary N) is 2. The Labute approximate surface area is 118 Å². The number of carbonyl (C=O) groups excluding carboxylic acids is 2. The molecular formula is C15H19N3O2. The molecule has 2 N–H and O–H groups in total. The molecule has 2 aliphatic carbocycles. The van der Waals surface area contributed by atoms with Gasteiger partial charge in [-0.05, 0) is 49.9 Å². The summed E-state index contributed by atoms with van der Waals surface area (Å²) in [6.07, 6.45) is 4.29. The summed E-state index contributed by atoms with van der Waals surface area (Å²) in [6.45, 7) is 1.59. The highest BCUT2D eigenvalue weighted by molar-refractivity contribution is 5.93. The summed E-state index contributed by atoms with van der Waals surface area (Å²) >= 11 is 0. The molecule has 0 aliphatic heterocycles. The Balaban J connectivity index is 1.63. The third-order valence-corrected chi connectivity index (χ3v) is 3.57. The lowest BCUT2D eigenvalue weighted by Crippen LogP contribution is -2.31. The molecule has 106 valence electrons. The molecule has 0 heterocycles. The average Bonchev–Trinajstić information content (AvgIpc) is 3.26. The van der Waals surface area contributed by atoms with Crippen LogP contribution in [0.5, 0.6) is 0 Å². The lowest BCUT2D eigenvalue weighted by atomic mass is 10.2. The zero-order chi connectivity index (χ0) is 14.1. The maximum atomic E-state index is 11.7. The Hall–Kier alpha value is -2.04. The Kier molecular flexibility index (Phi) is 3.34. The summed E-state index contributed by atoms with van der Waals surface area (Å²) in [5, 5.41) is 5.67. The molecule has 0 saturated heterocycles. The monoisotopic (exact) mass is 273 g/mol.